The van der Waals surface area contributed by atoms with E-state index in [-0.39, 0.29) is 6.04 Å². The predicted octanol–water partition coefficient (Wildman–Crippen LogP) is 3.68. The predicted molar refractivity (Wildman–Crippen MR) is 75.6 cm³/mol. The van der Waals surface area contributed by atoms with E-state index in [2.05, 4.69) is 10.3 Å². The Morgan fingerprint density at radius 2 is 1.75 bits per heavy atom. The van der Waals surface area contributed by atoms with Gasteiger partial charge in [-0.1, -0.05) is 6.92 Å². The van der Waals surface area contributed by atoms with Crippen molar-refractivity contribution < 1.29 is 8.78 Å². The molecule has 1 N–H and O–H groups in total. The van der Waals surface area contributed by atoms with E-state index in [1.165, 1.54) is 6.07 Å². The molecule has 1 atom stereocenters. The molecule has 0 aliphatic carbocycles. The van der Waals surface area contributed by atoms with Crippen LogP contribution in [0.15, 0.2) is 30.3 Å². The van der Waals surface area contributed by atoms with Crippen LogP contribution in [0.3, 0.4) is 0 Å². The highest BCUT2D eigenvalue weighted by Crippen LogP contribution is 2.26. The van der Waals surface area contributed by atoms with Crippen LogP contribution in [0.2, 0.25) is 0 Å². The van der Waals surface area contributed by atoms with Gasteiger partial charge in [0, 0.05) is 17.0 Å². The van der Waals surface area contributed by atoms with Crippen LogP contribution in [0, 0.1) is 25.5 Å². The molecule has 2 nitrogen and oxygen atoms in total. The number of hydrogen-bond acceptors (Lipinski definition) is 2. The van der Waals surface area contributed by atoms with Gasteiger partial charge in [0.2, 0.25) is 0 Å². The first-order valence-electron chi connectivity index (χ1n) is 6.64. The van der Waals surface area contributed by atoms with Crippen LogP contribution in [-0.4, -0.2) is 11.5 Å². The Bertz CT molecular complexity index is 591. The van der Waals surface area contributed by atoms with E-state index in [9.17, 15) is 8.78 Å². The lowest BCUT2D eigenvalue weighted by Crippen LogP contribution is -2.23. The van der Waals surface area contributed by atoms with Gasteiger partial charge in [-0.15, -0.1) is 0 Å². The van der Waals surface area contributed by atoms with Gasteiger partial charge in [-0.3, -0.25) is 4.98 Å². The Balaban J connectivity index is 2.52. The van der Waals surface area contributed by atoms with Gasteiger partial charge >= 0.3 is 0 Å². The molecule has 106 valence electrons. The fourth-order valence-electron chi connectivity index (χ4n) is 2.38. The fraction of sp³-hybridized carbons (Fsp3) is 0.312. The quantitative estimate of drug-likeness (QED) is 0.921. The van der Waals surface area contributed by atoms with Crippen LogP contribution in [0.4, 0.5) is 8.78 Å². The summed E-state index contributed by atoms with van der Waals surface area (Å²) in [5.74, 6) is -0.851. The Morgan fingerprint density at radius 3 is 2.35 bits per heavy atom. The summed E-state index contributed by atoms with van der Waals surface area (Å²) in [6, 6.07) is 6.94. The molecular formula is C16H18F2N2. The van der Waals surface area contributed by atoms with Crippen LogP contribution in [0.5, 0.6) is 0 Å². The van der Waals surface area contributed by atoms with E-state index in [1.807, 2.05) is 32.9 Å². The SMILES string of the molecule is CCNC(c1cc(C)nc(C)c1)c1cc(F)ccc1F. The largest absolute Gasteiger partial charge is 0.306 e. The summed E-state index contributed by atoms with van der Waals surface area (Å²) in [5, 5.41) is 3.20. The lowest BCUT2D eigenvalue weighted by Gasteiger charge is -2.20. The van der Waals surface area contributed by atoms with Crippen molar-refractivity contribution in [3.8, 4) is 0 Å². The molecule has 0 bridgehead atoms. The Kier molecular flexibility index (Phi) is 4.45. The van der Waals surface area contributed by atoms with Crippen molar-refractivity contribution in [1.29, 1.82) is 0 Å². The normalized spacial score (nSPS) is 12.4. The highest BCUT2D eigenvalue weighted by atomic mass is 19.1. The van der Waals surface area contributed by atoms with Crippen molar-refractivity contribution >= 4 is 0 Å². The number of nitrogens with one attached hydrogen (secondary N) is 1. The molecule has 1 aromatic carbocycles. The molecule has 0 aliphatic rings. The molecule has 1 aromatic heterocycles. The maximum atomic E-state index is 14.0. The van der Waals surface area contributed by atoms with Crippen LogP contribution in [0.25, 0.3) is 0 Å². The third kappa shape index (κ3) is 3.20. The van der Waals surface area contributed by atoms with Gasteiger partial charge in [-0.2, -0.15) is 0 Å². The topological polar surface area (TPSA) is 24.9 Å². The van der Waals surface area contributed by atoms with Gasteiger partial charge in [0.1, 0.15) is 11.6 Å². The molecule has 4 heteroatoms. The molecule has 0 aliphatic heterocycles. The molecule has 0 radical (unpaired) electrons. The van der Waals surface area contributed by atoms with E-state index in [0.717, 1.165) is 29.1 Å². The molecule has 20 heavy (non-hydrogen) atoms. The summed E-state index contributed by atoms with van der Waals surface area (Å²) in [6.07, 6.45) is 0. The van der Waals surface area contributed by atoms with Crippen LogP contribution >= 0.6 is 0 Å². The van der Waals surface area contributed by atoms with Crippen molar-refractivity contribution in [3.05, 3.63) is 64.5 Å². The van der Waals surface area contributed by atoms with Crippen molar-refractivity contribution in [2.75, 3.05) is 6.54 Å². The Morgan fingerprint density at radius 1 is 1.10 bits per heavy atom. The summed E-state index contributed by atoms with van der Waals surface area (Å²) in [6.45, 7) is 6.37. The maximum absolute atomic E-state index is 14.0. The summed E-state index contributed by atoms with van der Waals surface area (Å²) < 4.78 is 27.4. The minimum Gasteiger partial charge on any atom is -0.306 e. The number of halogens is 2. The minimum atomic E-state index is -0.438. The zero-order valence-corrected chi connectivity index (χ0v) is 11.9. The summed E-state index contributed by atoms with van der Waals surface area (Å²) in [4.78, 5) is 4.31. The number of pyridine rings is 1. The third-order valence-corrected chi connectivity index (χ3v) is 3.11. The maximum Gasteiger partial charge on any atom is 0.128 e. The van der Waals surface area contributed by atoms with Gasteiger partial charge < -0.3 is 5.32 Å². The fourth-order valence-corrected chi connectivity index (χ4v) is 2.38. The molecule has 2 rings (SSSR count). The van der Waals surface area contributed by atoms with Gasteiger partial charge in [0.25, 0.3) is 0 Å². The molecule has 1 unspecified atom stereocenters. The lowest BCUT2D eigenvalue weighted by atomic mass is 9.97. The van der Waals surface area contributed by atoms with Crippen molar-refractivity contribution in [1.82, 2.24) is 10.3 Å². The number of aryl methyl sites for hydroxylation is 2. The zero-order valence-electron chi connectivity index (χ0n) is 11.9. The van der Waals surface area contributed by atoms with Crippen LogP contribution in [-0.2, 0) is 0 Å². The number of nitrogens with zero attached hydrogens (tertiary/aromatic N) is 1. The van der Waals surface area contributed by atoms with Gasteiger partial charge in [-0.25, -0.2) is 8.78 Å². The number of hydrogen-bond donors (Lipinski definition) is 1. The molecule has 1 heterocycles. The Labute approximate surface area is 117 Å². The van der Waals surface area contributed by atoms with E-state index >= 15 is 0 Å². The second-order valence-electron chi connectivity index (χ2n) is 4.84. The minimum absolute atomic E-state index is 0.317. The van der Waals surface area contributed by atoms with Crippen LogP contribution in [0.1, 0.15) is 35.5 Å². The first-order valence-corrected chi connectivity index (χ1v) is 6.64. The first-order chi connectivity index (χ1) is 9.51. The molecule has 0 spiro atoms. The van der Waals surface area contributed by atoms with Crippen molar-refractivity contribution in [2.45, 2.75) is 26.8 Å². The zero-order chi connectivity index (χ0) is 14.7. The molecule has 0 amide bonds. The second kappa shape index (κ2) is 6.09. The van der Waals surface area contributed by atoms with E-state index < -0.39 is 11.6 Å². The number of rotatable bonds is 4. The highest BCUT2D eigenvalue weighted by Gasteiger charge is 2.18. The molecule has 0 saturated carbocycles. The summed E-state index contributed by atoms with van der Waals surface area (Å²) in [7, 11) is 0. The average molecular weight is 276 g/mol. The summed E-state index contributed by atoms with van der Waals surface area (Å²) >= 11 is 0. The van der Waals surface area contributed by atoms with E-state index in [0.29, 0.717) is 12.1 Å². The van der Waals surface area contributed by atoms with Gasteiger partial charge in [0.05, 0.1) is 6.04 Å². The molecule has 0 fully saturated rings. The van der Waals surface area contributed by atoms with E-state index in [4.69, 9.17) is 0 Å². The highest BCUT2D eigenvalue weighted by molar-refractivity contribution is 5.34. The number of benzene rings is 1. The van der Waals surface area contributed by atoms with Gasteiger partial charge in [-0.05, 0) is 56.3 Å². The van der Waals surface area contributed by atoms with Crippen molar-refractivity contribution in [3.63, 3.8) is 0 Å². The average Bonchev–Trinajstić information content (AvgIpc) is 2.38. The monoisotopic (exact) mass is 276 g/mol. The second-order valence-corrected chi connectivity index (χ2v) is 4.84. The Hall–Kier alpha value is -1.81. The molecular weight excluding hydrogens is 258 g/mol. The lowest BCUT2D eigenvalue weighted by molar-refractivity contribution is 0.544. The third-order valence-electron chi connectivity index (χ3n) is 3.11. The van der Waals surface area contributed by atoms with E-state index in [1.54, 1.807) is 0 Å². The first kappa shape index (κ1) is 14.6. The van der Waals surface area contributed by atoms with Gasteiger partial charge in [0.15, 0.2) is 0 Å². The standard InChI is InChI=1S/C16H18F2N2/c1-4-19-16(12-7-10(2)20-11(3)8-12)14-9-13(17)5-6-15(14)18/h5-9,16,19H,4H2,1-3H3. The summed E-state index contributed by atoms with van der Waals surface area (Å²) in [5.41, 5.74) is 2.93. The molecule has 2 aromatic rings. The number of aromatic nitrogens is 1. The van der Waals surface area contributed by atoms with Crippen molar-refractivity contribution in [2.24, 2.45) is 0 Å². The van der Waals surface area contributed by atoms with Crippen LogP contribution < -0.4 is 5.32 Å². The smallest absolute Gasteiger partial charge is 0.128 e. The molecule has 0 saturated heterocycles.